The molecule has 1 amide bonds. The van der Waals surface area contributed by atoms with E-state index < -0.39 is 16.1 Å². The van der Waals surface area contributed by atoms with Crippen LogP contribution in [-0.2, 0) is 15.0 Å². The maximum Gasteiger partial charge on any atom is 0.326 e. The van der Waals surface area contributed by atoms with E-state index in [0.717, 1.165) is 17.1 Å². The Bertz CT molecular complexity index is 657. The molecule has 0 aliphatic carbocycles. The molecular formula is C14H20N2O5S. The molecule has 1 aliphatic rings. The van der Waals surface area contributed by atoms with Gasteiger partial charge in [0, 0.05) is 6.07 Å². The first-order valence-electron chi connectivity index (χ1n) is 7.08. The fourth-order valence-electron chi connectivity index (χ4n) is 2.14. The minimum Gasteiger partial charge on any atom is -0.506 e. The molecule has 22 heavy (non-hydrogen) atoms. The molecule has 1 saturated heterocycles. The van der Waals surface area contributed by atoms with Gasteiger partial charge >= 0.3 is 10.2 Å². The van der Waals surface area contributed by atoms with E-state index in [1.165, 1.54) is 12.1 Å². The zero-order valence-corrected chi connectivity index (χ0v) is 13.4. The van der Waals surface area contributed by atoms with Crippen molar-refractivity contribution in [2.75, 3.05) is 17.5 Å². The third-order valence-electron chi connectivity index (χ3n) is 3.23. The van der Waals surface area contributed by atoms with E-state index in [-0.39, 0.29) is 18.0 Å². The first-order chi connectivity index (χ1) is 10.3. The number of nitrogens with zero attached hydrogens (tertiary/aromatic N) is 1. The number of hydrogen-bond acceptors (Lipinski definition) is 5. The van der Waals surface area contributed by atoms with Gasteiger partial charge < -0.3 is 9.84 Å². The number of rotatable bonds is 6. The summed E-state index contributed by atoms with van der Waals surface area (Å²) in [5, 5.41) is 9.86. The van der Waals surface area contributed by atoms with Crippen molar-refractivity contribution < 1.29 is 23.1 Å². The number of aromatic hydroxyl groups is 1. The normalized spacial score (nSPS) is 16.9. The zero-order valence-electron chi connectivity index (χ0n) is 12.6. The van der Waals surface area contributed by atoms with Crippen molar-refractivity contribution in [1.82, 2.24) is 4.72 Å². The molecule has 0 unspecified atom stereocenters. The van der Waals surface area contributed by atoms with Gasteiger partial charge in [-0.15, -0.1) is 0 Å². The maximum absolute atomic E-state index is 11.8. The molecule has 1 aromatic carbocycles. The summed E-state index contributed by atoms with van der Waals surface area (Å²) in [5.74, 6) is 0.175. The fourth-order valence-corrected chi connectivity index (χ4v) is 3.29. The third kappa shape index (κ3) is 3.82. The van der Waals surface area contributed by atoms with E-state index in [4.69, 9.17) is 4.74 Å². The van der Waals surface area contributed by atoms with Gasteiger partial charge in [0.1, 0.15) is 18.0 Å². The maximum atomic E-state index is 11.8. The molecule has 0 atom stereocenters. The first-order valence-corrected chi connectivity index (χ1v) is 8.52. The average Bonchev–Trinajstić information content (AvgIpc) is 2.69. The van der Waals surface area contributed by atoms with Gasteiger partial charge in [-0.2, -0.15) is 8.42 Å². The van der Waals surface area contributed by atoms with Gasteiger partial charge in [-0.3, -0.25) is 4.79 Å². The summed E-state index contributed by atoms with van der Waals surface area (Å²) in [6.45, 7) is 4.40. The van der Waals surface area contributed by atoms with E-state index in [2.05, 4.69) is 13.8 Å². The minimum atomic E-state index is -3.95. The van der Waals surface area contributed by atoms with Crippen molar-refractivity contribution in [3.05, 3.63) is 18.2 Å². The quantitative estimate of drug-likeness (QED) is 0.769. The number of anilines is 1. The molecule has 2 rings (SSSR count). The van der Waals surface area contributed by atoms with Crippen molar-refractivity contribution in [2.45, 2.75) is 26.7 Å². The summed E-state index contributed by atoms with van der Waals surface area (Å²) in [4.78, 5) is 11.3. The highest BCUT2D eigenvalue weighted by Gasteiger charge is 2.35. The molecule has 7 nitrogen and oxygen atoms in total. The second-order valence-electron chi connectivity index (χ2n) is 5.57. The zero-order chi connectivity index (χ0) is 16.3. The summed E-state index contributed by atoms with van der Waals surface area (Å²) in [5.41, 5.74) is 0.0275. The second-order valence-corrected chi connectivity index (χ2v) is 7.17. The van der Waals surface area contributed by atoms with Crippen LogP contribution in [0.3, 0.4) is 0 Å². The van der Waals surface area contributed by atoms with Gasteiger partial charge in [0.05, 0.1) is 12.3 Å². The van der Waals surface area contributed by atoms with E-state index in [9.17, 15) is 18.3 Å². The summed E-state index contributed by atoms with van der Waals surface area (Å²) >= 11 is 0. The van der Waals surface area contributed by atoms with Gasteiger partial charge in [0.15, 0.2) is 0 Å². The molecule has 1 heterocycles. The van der Waals surface area contributed by atoms with Crippen LogP contribution in [0, 0.1) is 5.92 Å². The summed E-state index contributed by atoms with van der Waals surface area (Å²) in [6, 6.07) is 4.33. The van der Waals surface area contributed by atoms with Crippen molar-refractivity contribution in [2.24, 2.45) is 5.92 Å². The van der Waals surface area contributed by atoms with Crippen molar-refractivity contribution in [3.8, 4) is 11.5 Å². The van der Waals surface area contributed by atoms with Crippen molar-refractivity contribution >= 4 is 21.8 Å². The lowest BCUT2D eigenvalue weighted by Crippen LogP contribution is -2.29. The number of amides is 1. The highest BCUT2D eigenvalue weighted by atomic mass is 32.2. The van der Waals surface area contributed by atoms with Crippen LogP contribution in [0.4, 0.5) is 5.69 Å². The molecule has 1 fully saturated rings. The van der Waals surface area contributed by atoms with Gasteiger partial charge in [0.25, 0.3) is 5.91 Å². The Balaban J connectivity index is 2.12. The molecule has 0 aromatic heterocycles. The van der Waals surface area contributed by atoms with Crippen LogP contribution in [-0.4, -0.2) is 32.6 Å². The molecule has 0 saturated carbocycles. The SMILES string of the molecule is CC(C)CCCOc1ccc(O)c(N2CC(=O)NS2(=O)=O)c1. The summed E-state index contributed by atoms with van der Waals surface area (Å²) < 4.78 is 31.9. The largest absolute Gasteiger partial charge is 0.506 e. The molecule has 2 N–H and O–H groups in total. The number of carbonyl (C=O) groups is 1. The molecule has 1 aliphatic heterocycles. The van der Waals surface area contributed by atoms with E-state index in [1.54, 1.807) is 6.07 Å². The van der Waals surface area contributed by atoms with Crippen molar-refractivity contribution in [1.29, 1.82) is 0 Å². The molecule has 1 aromatic rings. The van der Waals surface area contributed by atoms with E-state index in [0.29, 0.717) is 18.3 Å². The standard InChI is InChI=1S/C14H20N2O5S/c1-10(2)4-3-7-21-11-5-6-13(17)12(8-11)16-9-14(18)15-22(16,19)20/h5-6,8,10,17H,3-4,7,9H2,1-2H3,(H,15,18). The Hall–Kier alpha value is -1.96. The Morgan fingerprint density at radius 2 is 2.14 bits per heavy atom. The third-order valence-corrected chi connectivity index (χ3v) is 4.62. The van der Waals surface area contributed by atoms with Crippen LogP contribution in [0.5, 0.6) is 11.5 Å². The predicted octanol–water partition coefficient (Wildman–Crippen LogP) is 1.39. The highest BCUT2D eigenvalue weighted by molar-refractivity contribution is 7.92. The minimum absolute atomic E-state index is 0.0275. The summed E-state index contributed by atoms with van der Waals surface area (Å²) in [6.07, 6.45) is 1.92. The molecule has 0 spiro atoms. The van der Waals surface area contributed by atoms with Gasteiger partial charge in [-0.1, -0.05) is 13.8 Å². The fraction of sp³-hybridized carbons (Fsp3) is 0.500. The number of ether oxygens (including phenoxy) is 1. The highest BCUT2D eigenvalue weighted by Crippen LogP contribution is 2.34. The first kappa shape index (κ1) is 16.4. The second kappa shape index (κ2) is 6.43. The number of benzene rings is 1. The number of carbonyl (C=O) groups excluding carboxylic acids is 1. The van der Waals surface area contributed by atoms with Crippen LogP contribution >= 0.6 is 0 Å². The number of phenolic OH excluding ortho intramolecular Hbond substituents is 1. The number of hydrogen-bond donors (Lipinski definition) is 2. The van der Waals surface area contributed by atoms with Gasteiger partial charge in [-0.05, 0) is 30.9 Å². The monoisotopic (exact) mass is 328 g/mol. The van der Waals surface area contributed by atoms with Crippen LogP contribution in [0.2, 0.25) is 0 Å². The van der Waals surface area contributed by atoms with Crippen LogP contribution in [0.1, 0.15) is 26.7 Å². The van der Waals surface area contributed by atoms with Gasteiger partial charge in [0.2, 0.25) is 0 Å². The Morgan fingerprint density at radius 3 is 2.73 bits per heavy atom. The topological polar surface area (TPSA) is 95.9 Å². The number of nitrogens with one attached hydrogen (secondary N) is 1. The van der Waals surface area contributed by atoms with Crippen LogP contribution in [0.15, 0.2) is 18.2 Å². The van der Waals surface area contributed by atoms with Crippen LogP contribution < -0.4 is 13.8 Å². The van der Waals surface area contributed by atoms with E-state index >= 15 is 0 Å². The van der Waals surface area contributed by atoms with E-state index in [1.807, 2.05) is 4.72 Å². The molecule has 8 heteroatoms. The number of phenols is 1. The predicted molar refractivity (Wildman–Crippen MR) is 82.1 cm³/mol. The van der Waals surface area contributed by atoms with Gasteiger partial charge in [-0.25, -0.2) is 9.03 Å². The lowest BCUT2D eigenvalue weighted by molar-refractivity contribution is -0.117. The smallest absolute Gasteiger partial charge is 0.326 e. The average molecular weight is 328 g/mol. The Labute approximate surface area is 130 Å². The Kier molecular flexibility index (Phi) is 4.80. The molecule has 0 bridgehead atoms. The van der Waals surface area contributed by atoms with Crippen molar-refractivity contribution in [3.63, 3.8) is 0 Å². The lowest BCUT2D eigenvalue weighted by atomic mass is 10.1. The molecular weight excluding hydrogens is 308 g/mol. The summed E-state index contributed by atoms with van der Waals surface area (Å²) in [7, 11) is -3.95. The molecule has 0 radical (unpaired) electrons. The molecule has 122 valence electrons. The van der Waals surface area contributed by atoms with Crippen LogP contribution in [0.25, 0.3) is 0 Å². The Morgan fingerprint density at radius 1 is 1.41 bits per heavy atom. The lowest BCUT2D eigenvalue weighted by Gasteiger charge is -2.17.